The van der Waals surface area contributed by atoms with Crippen LogP contribution >= 0.6 is 0 Å². The molecule has 6 nitrogen and oxygen atoms in total. The maximum absolute atomic E-state index is 12.6. The SMILES string of the molecule is CNc1cnc(C(C)C)nc1C(=O)N1CCOC(C)C1. The summed E-state index contributed by atoms with van der Waals surface area (Å²) < 4.78 is 5.47. The van der Waals surface area contributed by atoms with E-state index in [4.69, 9.17) is 4.74 Å². The summed E-state index contributed by atoms with van der Waals surface area (Å²) in [5.74, 6) is 0.818. The quantitative estimate of drug-likeness (QED) is 0.907. The number of nitrogens with one attached hydrogen (secondary N) is 1. The first-order chi connectivity index (χ1) is 9.52. The third kappa shape index (κ3) is 3.07. The standard InChI is InChI=1S/C14H22N4O2/c1-9(2)13-16-7-11(15-4)12(17-13)14(19)18-5-6-20-10(3)8-18/h7,9-10,15H,5-6,8H2,1-4H3. The van der Waals surface area contributed by atoms with Crippen molar-refractivity contribution in [1.82, 2.24) is 14.9 Å². The summed E-state index contributed by atoms with van der Waals surface area (Å²) in [5.41, 5.74) is 1.11. The zero-order valence-electron chi connectivity index (χ0n) is 12.5. The molecule has 1 saturated heterocycles. The predicted octanol–water partition coefficient (Wildman–Crippen LogP) is 1.50. The van der Waals surface area contributed by atoms with Crippen molar-refractivity contribution in [3.8, 4) is 0 Å². The predicted molar refractivity (Wildman–Crippen MR) is 77.0 cm³/mol. The Kier molecular flexibility index (Phi) is 4.54. The molecule has 1 aliphatic heterocycles. The molecular weight excluding hydrogens is 256 g/mol. The average molecular weight is 278 g/mol. The first-order valence-electron chi connectivity index (χ1n) is 6.98. The lowest BCUT2D eigenvalue weighted by Crippen LogP contribution is -2.45. The highest BCUT2D eigenvalue weighted by Gasteiger charge is 2.26. The van der Waals surface area contributed by atoms with Crippen molar-refractivity contribution < 1.29 is 9.53 Å². The van der Waals surface area contributed by atoms with E-state index in [1.54, 1.807) is 18.1 Å². The Morgan fingerprint density at radius 3 is 2.90 bits per heavy atom. The van der Waals surface area contributed by atoms with E-state index in [1.165, 1.54) is 0 Å². The van der Waals surface area contributed by atoms with E-state index in [0.29, 0.717) is 36.9 Å². The molecule has 1 N–H and O–H groups in total. The largest absolute Gasteiger partial charge is 0.385 e. The van der Waals surface area contributed by atoms with Crippen LogP contribution in [0.3, 0.4) is 0 Å². The average Bonchev–Trinajstić information content (AvgIpc) is 2.45. The Hall–Kier alpha value is -1.69. The Labute approximate surface area is 119 Å². The maximum Gasteiger partial charge on any atom is 0.274 e. The van der Waals surface area contributed by atoms with Gasteiger partial charge in [0, 0.05) is 26.1 Å². The molecule has 2 rings (SSSR count). The molecule has 1 fully saturated rings. The van der Waals surface area contributed by atoms with Crippen molar-refractivity contribution in [2.45, 2.75) is 32.8 Å². The minimum absolute atomic E-state index is 0.0613. The molecule has 0 bridgehead atoms. The summed E-state index contributed by atoms with van der Waals surface area (Å²) >= 11 is 0. The van der Waals surface area contributed by atoms with Gasteiger partial charge in [-0.2, -0.15) is 0 Å². The molecule has 1 aromatic rings. The molecule has 20 heavy (non-hydrogen) atoms. The van der Waals surface area contributed by atoms with Gasteiger partial charge in [0.15, 0.2) is 5.69 Å². The third-order valence-corrected chi connectivity index (χ3v) is 3.32. The lowest BCUT2D eigenvalue weighted by Gasteiger charge is -2.31. The smallest absolute Gasteiger partial charge is 0.274 e. The van der Waals surface area contributed by atoms with E-state index in [9.17, 15) is 4.79 Å². The van der Waals surface area contributed by atoms with Gasteiger partial charge in [-0.3, -0.25) is 4.79 Å². The van der Waals surface area contributed by atoms with Gasteiger partial charge in [0.25, 0.3) is 5.91 Å². The van der Waals surface area contributed by atoms with Crippen LogP contribution in [-0.4, -0.2) is 53.6 Å². The molecule has 110 valence electrons. The van der Waals surface area contributed by atoms with E-state index in [1.807, 2.05) is 20.8 Å². The molecule has 0 aromatic carbocycles. The number of ether oxygens (including phenoxy) is 1. The molecule has 1 atom stereocenters. The van der Waals surface area contributed by atoms with E-state index in [0.717, 1.165) is 0 Å². The Balaban J connectivity index is 2.29. The minimum atomic E-state index is -0.0613. The van der Waals surface area contributed by atoms with Gasteiger partial charge in [0.1, 0.15) is 5.82 Å². The van der Waals surface area contributed by atoms with Gasteiger partial charge in [0.05, 0.1) is 24.6 Å². The van der Waals surface area contributed by atoms with Crippen molar-refractivity contribution in [2.24, 2.45) is 0 Å². The summed E-state index contributed by atoms with van der Waals surface area (Å²) in [4.78, 5) is 23.2. The second kappa shape index (κ2) is 6.17. The zero-order chi connectivity index (χ0) is 14.7. The number of aromatic nitrogens is 2. The highest BCUT2D eigenvalue weighted by molar-refractivity contribution is 5.97. The Bertz CT molecular complexity index is 490. The molecule has 0 spiro atoms. The molecule has 0 aliphatic carbocycles. The van der Waals surface area contributed by atoms with Crippen molar-refractivity contribution in [2.75, 3.05) is 32.1 Å². The number of carbonyl (C=O) groups is 1. The van der Waals surface area contributed by atoms with Gasteiger partial charge in [-0.15, -0.1) is 0 Å². The number of anilines is 1. The molecule has 2 heterocycles. The molecule has 1 aliphatic rings. The van der Waals surface area contributed by atoms with Crippen LogP contribution in [0.5, 0.6) is 0 Å². The van der Waals surface area contributed by atoms with Crippen LogP contribution < -0.4 is 5.32 Å². The fourth-order valence-electron chi connectivity index (χ4n) is 2.17. The van der Waals surface area contributed by atoms with Gasteiger partial charge in [-0.25, -0.2) is 9.97 Å². The van der Waals surface area contributed by atoms with Gasteiger partial charge in [-0.1, -0.05) is 13.8 Å². The number of hydrogen-bond acceptors (Lipinski definition) is 5. The Morgan fingerprint density at radius 2 is 2.30 bits per heavy atom. The van der Waals surface area contributed by atoms with Crippen LogP contribution in [0.2, 0.25) is 0 Å². The molecule has 0 radical (unpaired) electrons. The fourth-order valence-corrected chi connectivity index (χ4v) is 2.17. The van der Waals surface area contributed by atoms with Crippen molar-refractivity contribution in [3.05, 3.63) is 17.7 Å². The van der Waals surface area contributed by atoms with Crippen LogP contribution in [0.15, 0.2) is 6.20 Å². The van der Waals surface area contributed by atoms with E-state index in [-0.39, 0.29) is 17.9 Å². The lowest BCUT2D eigenvalue weighted by atomic mass is 10.2. The fraction of sp³-hybridized carbons (Fsp3) is 0.643. The van der Waals surface area contributed by atoms with Crippen molar-refractivity contribution in [3.63, 3.8) is 0 Å². The first kappa shape index (κ1) is 14.7. The van der Waals surface area contributed by atoms with Crippen LogP contribution in [0.25, 0.3) is 0 Å². The van der Waals surface area contributed by atoms with Gasteiger partial charge < -0.3 is 15.0 Å². The topological polar surface area (TPSA) is 67.4 Å². The van der Waals surface area contributed by atoms with Gasteiger partial charge in [-0.05, 0) is 6.92 Å². The lowest BCUT2D eigenvalue weighted by molar-refractivity contribution is -0.0126. The number of carbonyl (C=O) groups excluding carboxylic acids is 1. The highest BCUT2D eigenvalue weighted by Crippen LogP contribution is 2.18. The summed E-state index contributed by atoms with van der Waals surface area (Å²) in [6.45, 7) is 7.77. The molecule has 1 aromatic heterocycles. The van der Waals surface area contributed by atoms with Crippen molar-refractivity contribution in [1.29, 1.82) is 0 Å². The zero-order valence-corrected chi connectivity index (χ0v) is 12.5. The third-order valence-electron chi connectivity index (χ3n) is 3.32. The van der Waals surface area contributed by atoms with E-state index < -0.39 is 0 Å². The summed E-state index contributed by atoms with van der Waals surface area (Å²) in [6, 6.07) is 0. The molecule has 1 amide bonds. The number of amides is 1. The van der Waals surface area contributed by atoms with E-state index in [2.05, 4.69) is 15.3 Å². The first-order valence-corrected chi connectivity index (χ1v) is 6.98. The normalized spacial score (nSPS) is 19.2. The van der Waals surface area contributed by atoms with Crippen LogP contribution in [0, 0.1) is 0 Å². The second-order valence-electron chi connectivity index (χ2n) is 5.33. The maximum atomic E-state index is 12.6. The number of morpholine rings is 1. The number of nitrogens with zero attached hydrogens (tertiary/aromatic N) is 3. The summed E-state index contributed by atoms with van der Waals surface area (Å²) in [5, 5.41) is 2.99. The van der Waals surface area contributed by atoms with Crippen LogP contribution in [-0.2, 0) is 4.74 Å². The number of hydrogen-bond donors (Lipinski definition) is 1. The van der Waals surface area contributed by atoms with Gasteiger partial charge in [0.2, 0.25) is 0 Å². The van der Waals surface area contributed by atoms with Gasteiger partial charge >= 0.3 is 0 Å². The molecule has 6 heteroatoms. The van der Waals surface area contributed by atoms with Crippen LogP contribution in [0.1, 0.15) is 43.0 Å². The molecule has 0 saturated carbocycles. The number of rotatable bonds is 3. The van der Waals surface area contributed by atoms with Crippen molar-refractivity contribution >= 4 is 11.6 Å². The Morgan fingerprint density at radius 1 is 1.55 bits per heavy atom. The summed E-state index contributed by atoms with van der Waals surface area (Å²) in [6.07, 6.45) is 1.75. The minimum Gasteiger partial charge on any atom is -0.385 e. The molecular formula is C14H22N4O2. The van der Waals surface area contributed by atoms with E-state index >= 15 is 0 Å². The summed E-state index contributed by atoms with van der Waals surface area (Å²) in [7, 11) is 1.77. The molecule has 1 unspecified atom stereocenters. The highest BCUT2D eigenvalue weighted by atomic mass is 16.5. The second-order valence-corrected chi connectivity index (χ2v) is 5.33. The monoisotopic (exact) mass is 278 g/mol. The van der Waals surface area contributed by atoms with Crippen LogP contribution in [0.4, 0.5) is 5.69 Å².